The Morgan fingerprint density at radius 3 is 2.26 bits per heavy atom. The van der Waals surface area contributed by atoms with Crippen LogP contribution in [-0.2, 0) is 6.54 Å². The molecular formula is C32H28Cl2F2N8O3. The van der Waals surface area contributed by atoms with Gasteiger partial charge in [-0.15, -0.1) is 5.10 Å². The van der Waals surface area contributed by atoms with Gasteiger partial charge < -0.3 is 9.64 Å². The number of hydrogen-bond acceptors (Lipinski definition) is 7. The molecule has 0 saturated carbocycles. The van der Waals surface area contributed by atoms with Crippen molar-refractivity contribution < 1.29 is 23.1 Å². The first-order chi connectivity index (χ1) is 22.5. The summed E-state index contributed by atoms with van der Waals surface area (Å²) in [7, 11) is 0. The van der Waals surface area contributed by atoms with E-state index in [1.54, 1.807) is 35.2 Å². The van der Waals surface area contributed by atoms with Crippen LogP contribution < -0.4 is 10.1 Å². The second-order valence-corrected chi connectivity index (χ2v) is 12.0. The fourth-order valence-electron chi connectivity index (χ4n) is 5.49. The fourth-order valence-corrected chi connectivity index (χ4v) is 6.01. The van der Waals surface area contributed by atoms with Crippen molar-refractivity contribution in [3.8, 4) is 17.0 Å². The van der Waals surface area contributed by atoms with Gasteiger partial charge in [0.25, 0.3) is 17.8 Å². The summed E-state index contributed by atoms with van der Waals surface area (Å²) in [6, 6.07) is 20.1. The number of hydrogen-bond donors (Lipinski definition) is 2. The quantitative estimate of drug-likeness (QED) is 0.178. The molecule has 0 aliphatic carbocycles. The average molecular weight is 682 g/mol. The Hall–Kier alpha value is -4.88. The number of rotatable bonds is 9. The van der Waals surface area contributed by atoms with Crippen molar-refractivity contribution in [3.63, 3.8) is 0 Å². The lowest BCUT2D eigenvalue weighted by atomic mass is 9.92. The minimum absolute atomic E-state index is 0.0143. The number of amides is 2. The number of halogens is 4. The minimum atomic E-state index is -3.31. The summed E-state index contributed by atoms with van der Waals surface area (Å²) in [6.07, 6.45) is -1.94. The molecule has 0 atom stereocenters. The zero-order valence-corrected chi connectivity index (χ0v) is 26.5. The predicted molar refractivity (Wildman–Crippen MR) is 171 cm³/mol. The number of nitrogens with zero attached hydrogens (tertiary/aromatic N) is 6. The molecule has 1 saturated heterocycles. The first-order valence-electron chi connectivity index (χ1n) is 14.6. The molecule has 6 rings (SSSR count). The molecule has 3 heterocycles. The molecule has 2 N–H and O–H groups in total. The molecule has 47 heavy (non-hydrogen) atoms. The Morgan fingerprint density at radius 2 is 1.64 bits per heavy atom. The van der Waals surface area contributed by atoms with E-state index in [4.69, 9.17) is 28.3 Å². The van der Waals surface area contributed by atoms with Gasteiger partial charge in [-0.05, 0) is 84.3 Å². The van der Waals surface area contributed by atoms with Gasteiger partial charge in [-0.3, -0.25) is 19.6 Å². The van der Waals surface area contributed by atoms with E-state index in [-0.39, 0.29) is 29.4 Å². The van der Waals surface area contributed by atoms with Crippen LogP contribution in [0.3, 0.4) is 0 Å². The van der Waals surface area contributed by atoms with E-state index >= 15 is 0 Å². The first-order valence-corrected chi connectivity index (χ1v) is 15.4. The number of anilines is 1. The summed E-state index contributed by atoms with van der Waals surface area (Å²) >= 11 is 12.6. The number of carbonyl (C=O) groups excluding carboxylic acids is 2. The number of piperidine rings is 1. The number of carbonyl (C=O) groups is 2. The third-order valence-corrected chi connectivity index (χ3v) is 8.12. The number of H-pyrrole nitrogens is 1. The van der Waals surface area contributed by atoms with Gasteiger partial charge in [0, 0.05) is 58.4 Å². The van der Waals surface area contributed by atoms with E-state index in [9.17, 15) is 18.4 Å². The summed E-state index contributed by atoms with van der Waals surface area (Å²) in [5.41, 5.74) is 4.22. The summed E-state index contributed by atoms with van der Waals surface area (Å²) in [4.78, 5) is 27.5. The second kappa shape index (κ2) is 13.5. The van der Waals surface area contributed by atoms with Crippen LogP contribution in [0.15, 0.2) is 72.8 Å². The Morgan fingerprint density at radius 1 is 0.979 bits per heavy atom. The summed E-state index contributed by atoms with van der Waals surface area (Å²) in [5.74, 6) is -0.388. The lowest BCUT2D eigenvalue weighted by Gasteiger charge is -2.32. The van der Waals surface area contributed by atoms with E-state index < -0.39 is 6.11 Å². The Kier molecular flexibility index (Phi) is 9.19. The number of alkyl halides is 2. The van der Waals surface area contributed by atoms with E-state index in [0.29, 0.717) is 66.3 Å². The molecular weight excluding hydrogens is 653 g/mol. The van der Waals surface area contributed by atoms with E-state index in [2.05, 4.69) is 30.7 Å². The Labute approximate surface area is 277 Å². The molecule has 1 fully saturated rings. The molecule has 0 radical (unpaired) electrons. The van der Waals surface area contributed by atoms with Crippen molar-refractivity contribution in [2.45, 2.75) is 38.3 Å². The highest BCUT2D eigenvalue weighted by Crippen LogP contribution is 2.34. The lowest BCUT2D eigenvalue weighted by molar-refractivity contribution is -0.158. The monoisotopic (exact) mass is 680 g/mol. The second-order valence-electron chi connectivity index (χ2n) is 11.2. The number of benzene rings is 3. The van der Waals surface area contributed by atoms with Crippen molar-refractivity contribution in [2.24, 2.45) is 0 Å². The van der Waals surface area contributed by atoms with E-state index in [0.717, 1.165) is 16.8 Å². The number of aromatic nitrogens is 6. The normalized spacial score (nSPS) is 13.9. The summed E-state index contributed by atoms with van der Waals surface area (Å²) in [6.45, 7) is 2.10. The molecule has 1 aliphatic heterocycles. The van der Waals surface area contributed by atoms with Gasteiger partial charge in [0.15, 0.2) is 0 Å². The van der Waals surface area contributed by atoms with E-state index in [1.807, 2.05) is 22.9 Å². The van der Waals surface area contributed by atoms with Crippen molar-refractivity contribution in [2.75, 3.05) is 18.4 Å². The van der Waals surface area contributed by atoms with Gasteiger partial charge >= 0.3 is 6.11 Å². The largest absolute Gasteiger partial charge is 0.433 e. The highest BCUT2D eigenvalue weighted by molar-refractivity contribution is 6.35. The highest BCUT2D eigenvalue weighted by Gasteiger charge is 2.28. The van der Waals surface area contributed by atoms with Gasteiger partial charge in [0.2, 0.25) is 0 Å². The standard InChI is InChI=1S/C32H28Cl2F2N8O3/c1-32(35,36)47-26-8-6-22(7-9-26)30(46)43-12-10-20(11-13-43)28-17-27(23-14-24(33)16-25(34)15-23)40-44(28)18-19-2-4-21(5-3-19)29(45)37-31-38-41-42-39-31/h2-9,14-17,20H,10-13,18H2,1H3,(H2,37,38,39,41,42,45). The van der Waals surface area contributed by atoms with E-state index in [1.165, 1.54) is 24.3 Å². The maximum absolute atomic E-state index is 13.2. The van der Waals surface area contributed by atoms with Gasteiger partial charge in [-0.2, -0.15) is 19.1 Å². The highest BCUT2D eigenvalue weighted by atomic mass is 35.5. The summed E-state index contributed by atoms with van der Waals surface area (Å²) in [5, 5.41) is 21.7. The minimum Gasteiger partial charge on any atom is -0.433 e. The zero-order chi connectivity index (χ0) is 33.1. The topological polar surface area (TPSA) is 131 Å². The fraction of sp³-hybridized carbons (Fsp3) is 0.250. The third-order valence-electron chi connectivity index (χ3n) is 7.69. The molecule has 15 heteroatoms. The van der Waals surface area contributed by atoms with Crippen LogP contribution in [0.2, 0.25) is 10.0 Å². The number of nitrogens with one attached hydrogen (secondary N) is 2. The molecule has 2 aromatic heterocycles. The zero-order valence-electron chi connectivity index (χ0n) is 25.0. The van der Waals surface area contributed by atoms with Crippen LogP contribution in [0, 0.1) is 0 Å². The maximum atomic E-state index is 13.2. The van der Waals surface area contributed by atoms with Gasteiger partial charge in [-0.1, -0.05) is 40.4 Å². The Balaban J connectivity index is 1.19. The van der Waals surface area contributed by atoms with Crippen molar-refractivity contribution in [3.05, 3.63) is 105 Å². The first kappa shape index (κ1) is 32.1. The molecule has 1 aliphatic rings. The number of aromatic amines is 1. The molecule has 2 amide bonds. The van der Waals surface area contributed by atoms with Crippen LogP contribution >= 0.6 is 23.2 Å². The maximum Gasteiger partial charge on any atom is 0.394 e. The van der Waals surface area contributed by atoms with Crippen LogP contribution in [-0.4, -0.2) is 66.3 Å². The van der Waals surface area contributed by atoms with Gasteiger partial charge in [0.05, 0.1) is 12.2 Å². The van der Waals surface area contributed by atoms with Crippen molar-refractivity contribution in [1.29, 1.82) is 0 Å². The van der Waals surface area contributed by atoms with Crippen molar-refractivity contribution in [1.82, 2.24) is 35.3 Å². The third kappa shape index (κ3) is 7.92. The van der Waals surface area contributed by atoms with Crippen molar-refractivity contribution >= 4 is 41.0 Å². The van der Waals surface area contributed by atoms with Crippen LogP contribution in [0.25, 0.3) is 11.3 Å². The molecule has 0 unspecified atom stereocenters. The molecule has 3 aromatic carbocycles. The molecule has 242 valence electrons. The van der Waals surface area contributed by atoms with Crippen LogP contribution in [0.1, 0.15) is 57.7 Å². The molecule has 11 nitrogen and oxygen atoms in total. The van der Waals surface area contributed by atoms with Crippen LogP contribution in [0.5, 0.6) is 5.75 Å². The molecule has 5 aromatic rings. The molecule has 0 bridgehead atoms. The average Bonchev–Trinajstić information content (AvgIpc) is 3.71. The number of likely N-dealkylation sites (tertiary alicyclic amines) is 1. The Bertz CT molecular complexity index is 1850. The SMILES string of the molecule is CC(F)(F)Oc1ccc(C(=O)N2CCC(c3cc(-c4cc(Cl)cc(Cl)c4)nn3Cc3ccc(C(=O)Nc4nn[nH]n4)cc3)CC2)cc1. The number of ether oxygens (including phenoxy) is 1. The predicted octanol–water partition coefficient (Wildman–Crippen LogP) is 6.68. The summed E-state index contributed by atoms with van der Waals surface area (Å²) < 4.78 is 32.9. The smallest absolute Gasteiger partial charge is 0.394 e. The van der Waals surface area contributed by atoms with Gasteiger partial charge in [-0.25, -0.2) is 0 Å². The van der Waals surface area contributed by atoms with Gasteiger partial charge in [0.1, 0.15) is 5.75 Å². The lowest BCUT2D eigenvalue weighted by Crippen LogP contribution is -2.38. The number of tetrazole rings is 1. The van der Waals surface area contributed by atoms with Crippen LogP contribution in [0.4, 0.5) is 14.7 Å². The molecule has 0 spiro atoms.